The molecule has 4 rings (SSSR count). The fraction of sp³-hybridized carbons (Fsp3) is 0.172. The molecule has 6 nitrogen and oxygen atoms in total. The number of nitrogens with zero attached hydrogens (tertiary/aromatic N) is 1. The van der Waals surface area contributed by atoms with Crippen molar-refractivity contribution in [3.05, 3.63) is 107 Å². The zero-order chi connectivity index (χ0) is 24.6. The van der Waals surface area contributed by atoms with Crippen molar-refractivity contribution in [3.63, 3.8) is 0 Å². The first-order valence-corrected chi connectivity index (χ1v) is 11.4. The quantitative estimate of drug-likeness (QED) is 0.342. The molecule has 0 aliphatic carbocycles. The Labute approximate surface area is 204 Å². The highest BCUT2D eigenvalue weighted by atomic mass is 16.5. The lowest BCUT2D eigenvalue weighted by Crippen LogP contribution is -2.19. The number of aromatic nitrogens is 1. The maximum atomic E-state index is 12.5. The summed E-state index contributed by atoms with van der Waals surface area (Å²) in [6.45, 7) is 0.196. The Hall–Kier alpha value is -4.32. The van der Waals surface area contributed by atoms with Gasteiger partial charge in [-0.3, -0.25) is 4.79 Å². The third kappa shape index (κ3) is 6.18. The summed E-state index contributed by atoms with van der Waals surface area (Å²) in [4.78, 5) is 23.3. The second-order valence-electron chi connectivity index (χ2n) is 8.16. The van der Waals surface area contributed by atoms with Gasteiger partial charge in [0.05, 0.1) is 7.11 Å². The topological polar surface area (TPSA) is 77.8 Å². The van der Waals surface area contributed by atoms with Crippen LogP contribution in [0.1, 0.15) is 12.0 Å². The predicted octanol–water partition coefficient (Wildman–Crippen LogP) is 5.29. The van der Waals surface area contributed by atoms with Gasteiger partial charge in [-0.25, -0.2) is 4.79 Å². The molecule has 35 heavy (non-hydrogen) atoms. The minimum atomic E-state index is -1.01. The summed E-state index contributed by atoms with van der Waals surface area (Å²) in [5, 5.41) is 8.78. The van der Waals surface area contributed by atoms with Crippen molar-refractivity contribution >= 4 is 5.97 Å². The van der Waals surface area contributed by atoms with Gasteiger partial charge in [-0.1, -0.05) is 48.5 Å². The largest absolute Gasteiger partial charge is 0.497 e. The summed E-state index contributed by atoms with van der Waals surface area (Å²) in [5.41, 5.74) is 5.16. The van der Waals surface area contributed by atoms with E-state index in [-0.39, 0.29) is 12.2 Å². The Balaban J connectivity index is 1.50. The first-order valence-electron chi connectivity index (χ1n) is 11.4. The summed E-state index contributed by atoms with van der Waals surface area (Å²) < 4.78 is 12.3. The zero-order valence-corrected chi connectivity index (χ0v) is 19.5. The molecule has 0 unspecified atom stereocenters. The van der Waals surface area contributed by atoms with Crippen LogP contribution in [-0.4, -0.2) is 29.4 Å². The summed E-state index contributed by atoms with van der Waals surface area (Å²) in [7, 11) is 1.65. The van der Waals surface area contributed by atoms with Gasteiger partial charge in [0.25, 0.3) is 5.56 Å². The van der Waals surface area contributed by atoms with Crippen molar-refractivity contribution in [2.24, 2.45) is 0 Å². The fourth-order valence-electron chi connectivity index (χ4n) is 4.01. The fourth-order valence-corrected chi connectivity index (χ4v) is 4.01. The number of aliphatic carboxylic acids is 1. The first-order chi connectivity index (χ1) is 17.0. The van der Waals surface area contributed by atoms with Crippen LogP contribution in [0.15, 0.2) is 95.9 Å². The first kappa shape index (κ1) is 23.8. The lowest BCUT2D eigenvalue weighted by Gasteiger charge is -2.13. The molecule has 178 valence electrons. The number of carboxylic acid groups (broad SMARTS) is 1. The summed E-state index contributed by atoms with van der Waals surface area (Å²) in [5.74, 6) is 0.321. The lowest BCUT2D eigenvalue weighted by molar-refractivity contribution is -0.139. The number of pyridine rings is 1. The van der Waals surface area contributed by atoms with Crippen molar-refractivity contribution in [2.45, 2.75) is 19.4 Å². The van der Waals surface area contributed by atoms with Gasteiger partial charge in [0, 0.05) is 18.8 Å². The molecule has 0 radical (unpaired) electrons. The van der Waals surface area contributed by atoms with Gasteiger partial charge < -0.3 is 19.1 Å². The molecule has 0 atom stereocenters. The number of carbonyl (C=O) groups is 1. The van der Waals surface area contributed by atoms with Gasteiger partial charge in [0.15, 0.2) is 6.61 Å². The van der Waals surface area contributed by atoms with E-state index >= 15 is 0 Å². The van der Waals surface area contributed by atoms with E-state index in [1.54, 1.807) is 23.8 Å². The number of hydrogen-bond acceptors (Lipinski definition) is 4. The van der Waals surface area contributed by atoms with Gasteiger partial charge in [0.1, 0.15) is 11.5 Å². The number of aryl methyl sites for hydroxylation is 2. The molecule has 0 bridgehead atoms. The summed E-state index contributed by atoms with van der Waals surface area (Å²) >= 11 is 0. The normalized spacial score (nSPS) is 10.7. The maximum Gasteiger partial charge on any atom is 0.341 e. The van der Waals surface area contributed by atoms with Gasteiger partial charge >= 0.3 is 5.97 Å². The molecule has 6 heteroatoms. The van der Waals surface area contributed by atoms with Gasteiger partial charge in [-0.05, 0) is 71.0 Å². The second-order valence-corrected chi connectivity index (χ2v) is 8.16. The van der Waals surface area contributed by atoms with E-state index in [2.05, 4.69) is 12.1 Å². The average Bonchev–Trinajstić information content (AvgIpc) is 2.89. The lowest BCUT2D eigenvalue weighted by atomic mass is 9.95. The van der Waals surface area contributed by atoms with Gasteiger partial charge in [0.2, 0.25) is 0 Å². The zero-order valence-electron chi connectivity index (χ0n) is 19.5. The van der Waals surface area contributed by atoms with E-state index in [4.69, 9.17) is 14.6 Å². The van der Waals surface area contributed by atoms with Crippen molar-refractivity contribution in [1.29, 1.82) is 0 Å². The van der Waals surface area contributed by atoms with Crippen molar-refractivity contribution in [3.8, 4) is 33.8 Å². The summed E-state index contributed by atoms with van der Waals surface area (Å²) in [6.07, 6.45) is 3.41. The second kappa shape index (κ2) is 11.2. The summed E-state index contributed by atoms with van der Waals surface area (Å²) in [6, 6.07) is 26.9. The molecule has 0 saturated carbocycles. The van der Waals surface area contributed by atoms with Crippen LogP contribution in [0.2, 0.25) is 0 Å². The molecule has 0 amide bonds. The van der Waals surface area contributed by atoms with Crippen molar-refractivity contribution < 1.29 is 19.4 Å². The van der Waals surface area contributed by atoms with E-state index < -0.39 is 5.97 Å². The van der Waals surface area contributed by atoms with E-state index in [1.807, 2.05) is 66.9 Å². The molecule has 1 heterocycles. The predicted molar refractivity (Wildman–Crippen MR) is 136 cm³/mol. The number of hydrogen-bond donors (Lipinski definition) is 1. The molecule has 1 aromatic heterocycles. The SMILES string of the molecule is COc1ccc(-c2ccccc2-c2ccc(=O)n(CCCc3cccc(OCC(=O)O)c3)c2)cc1. The van der Waals surface area contributed by atoms with E-state index in [9.17, 15) is 9.59 Å². The molecule has 1 N–H and O–H groups in total. The monoisotopic (exact) mass is 469 g/mol. The molecule has 0 aliphatic rings. The van der Waals surface area contributed by atoms with Crippen LogP contribution < -0.4 is 15.0 Å². The number of benzene rings is 3. The smallest absolute Gasteiger partial charge is 0.341 e. The third-order valence-corrected chi connectivity index (χ3v) is 5.75. The van der Waals surface area contributed by atoms with Crippen LogP contribution in [0.4, 0.5) is 0 Å². The van der Waals surface area contributed by atoms with Gasteiger partial charge in [-0.2, -0.15) is 0 Å². The molecule has 0 saturated heterocycles. The maximum absolute atomic E-state index is 12.5. The third-order valence-electron chi connectivity index (χ3n) is 5.75. The van der Waals surface area contributed by atoms with Crippen LogP contribution in [0, 0.1) is 0 Å². The average molecular weight is 470 g/mol. The molecule has 4 aromatic rings. The van der Waals surface area contributed by atoms with Crippen LogP contribution in [-0.2, 0) is 17.8 Å². The molecule has 0 fully saturated rings. The molecular weight excluding hydrogens is 442 g/mol. The number of methoxy groups -OCH3 is 1. The highest BCUT2D eigenvalue weighted by Crippen LogP contribution is 2.32. The number of carboxylic acids is 1. The molecule has 0 aliphatic heterocycles. The minimum Gasteiger partial charge on any atom is -0.497 e. The van der Waals surface area contributed by atoms with Crippen molar-refractivity contribution in [2.75, 3.05) is 13.7 Å². The number of ether oxygens (including phenoxy) is 2. The Bertz CT molecular complexity index is 1360. The Morgan fingerprint density at radius 3 is 2.29 bits per heavy atom. The van der Waals surface area contributed by atoms with Crippen LogP contribution in [0.3, 0.4) is 0 Å². The molecule has 0 spiro atoms. The van der Waals surface area contributed by atoms with Crippen LogP contribution >= 0.6 is 0 Å². The minimum absolute atomic E-state index is 0.0470. The van der Waals surface area contributed by atoms with Crippen LogP contribution in [0.25, 0.3) is 22.3 Å². The van der Waals surface area contributed by atoms with Gasteiger partial charge in [-0.15, -0.1) is 0 Å². The Morgan fingerprint density at radius 2 is 1.57 bits per heavy atom. The van der Waals surface area contributed by atoms with E-state index in [0.29, 0.717) is 12.3 Å². The van der Waals surface area contributed by atoms with E-state index in [1.165, 1.54) is 0 Å². The highest BCUT2D eigenvalue weighted by molar-refractivity contribution is 5.83. The Kier molecular flexibility index (Phi) is 7.63. The molecule has 3 aromatic carbocycles. The Morgan fingerprint density at radius 1 is 0.857 bits per heavy atom. The highest BCUT2D eigenvalue weighted by Gasteiger charge is 2.09. The standard InChI is InChI=1S/C29H27NO5/c1-34-24-14-11-22(12-15-24)26-9-2-3-10-27(26)23-13-16-28(31)30(19-23)17-5-7-21-6-4-8-25(18-21)35-20-29(32)33/h2-4,6,8-16,18-19H,5,7,17,20H2,1H3,(H,32,33). The van der Waals surface area contributed by atoms with E-state index in [0.717, 1.165) is 46.4 Å². The number of rotatable bonds is 10. The molecular formula is C29H27NO5. The van der Waals surface area contributed by atoms with Crippen molar-refractivity contribution in [1.82, 2.24) is 4.57 Å². The van der Waals surface area contributed by atoms with Crippen LogP contribution in [0.5, 0.6) is 11.5 Å².